The molecule has 2 aromatic rings. The molecule has 0 aromatic heterocycles. The van der Waals surface area contributed by atoms with E-state index in [0.29, 0.717) is 13.1 Å². The Morgan fingerprint density at radius 1 is 0.970 bits per heavy atom. The summed E-state index contributed by atoms with van der Waals surface area (Å²) < 4.78 is 5.17. The number of methoxy groups -OCH3 is 1. The molecule has 1 spiro atoms. The van der Waals surface area contributed by atoms with Gasteiger partial charge in [-0.15, -0.1) is 11.8 Å². The fourth-order valence-corrected chi connectivity index (χ4v) is 5.97. The van der Waals surface area contributed by atoms with Crippen molar-refractivity contribution in [2.75, 3.05) is 37.8 Å². The van der Waals surface area contributed by atoms with Crippen LogP contribution in [0, 0.1) is 0 Å². The molecule has 1 N–H and O–H groups in total. The van der Waals surface area contributed by atoms with E-state index < -0.39 is 0 Å². The Hall–Kier alpha value is -2.67. The number of thioether (sulfide) groups is 1. The molecule has 33 heavy (non-hydrogen) atoms. The van der Waals surface area contributed by atoms with Gasteiger partial charge in [-0.3, -0.25) is 4.79 Å². The van der Waals surface area contributed by atoms with E-state index in [9.17, 15) is 9.59 Å². The molecule has 0 radical (unpaired) electrons. The van der Waals surface area contributed by atoms with Crippen LogP contribution in [0.15, 0.2) is 48.5 Å². The molecule has 2 saturated heterocycles. The SMILES string of the molecule is COc1ccc(NC(=O)N2CCC3(CC2)SCCN3C(=O)c2ccc(C(C)(C)C)cc2)cc1. The molecule has 2 aliphatic rings. The van der Waals surface area contributed by atoms with Crippen molar-refractivity contribution in [3.05, 3.63) is 59.7 Å². The van der Waals surface area contributed by atoms with Crippen LogP contribution in [0.3, 0.4) is 0 Å². The van der Waals surface area contributed by atoms with E-state index in [2.05, 4.69) is 38.2 Å². The number of urea groups is 1. The molecule has 0 saturated carbocycles. The average molecular weight is 468 g/mol. The average Bonchev–Trinajstić information content (AvgIpc) is 3.21. The molecule has 0 atom stereocenters. The minimum absolute atomic E-state index is 0.0610. The fraction of sp³-hybridized carbons (Fsp3) is 0.462. The van der Waals surface area contributed by atoms with Crippen molar-refractivity contribution in [3.8, 4) is 5.75 Å². The highest BCUT2D eigenvalue weighted by atomic mass is 32.2. The summed E-state index contributed by atoms with van der Waals surface area (Å²) in [5, 5.41) is 2.96. The Morgan fingerprint density at radius 2 is 1.61 bits per heavy atom. The third kappa shape index (κ3) is 4.98. The normalized spacial score (nSPS) is 17.8. The Labute approximate surface area is 200 Å². The van der Waals surface area contributed by atoms with Crippen LogP contribution in [0.4, 0.5) is 10.5 Å². The number of nitrogens with one attached hydrogen (secondary N) is 1. The van der Waals surface area contributed by atoms with Gasteiger partial charge in [-0.2, -0.15) is 0 Å². The summed E-state index contributed by atoms with van der Waals surface area (Å²) in [6.07, 6.45) is 1.55. The maximum Gasteiger partial charge on any atom is 0.321 e. The third-order valence-electron chi connectivity index (χ3n) is 6.59. The van der Waals surface area contributed by atoms with E-state index in [0.717, 1.165) is 42.1 Å². The first kappa shape index (κ1) is 23.5. The van der Waals surface area contributed by atoms with Gasteiger partial charge in [0, 0.05) is 36.6 Å². The van der Waals surface area contributed by atoms with Gasteiger partial charge in [0.15, 0.2) is 0 Å². The van der Waals surface area contributed by atoms with E-state index in [4.69, 9.17) is 4.74 Å². The predicted octanol–water partition coefficient (Wildman–Crippen LogP) is 5.21. The minimum Gasteiger partial charge on any atom is -0.497 e. The van der Waals surface area contributed by atoms with Crippen LogP contribution >= 0.6 is 11.8 Å². The predicted molar refractivity (Wildman–Crippen MR) is 134 cm³/mol. The summed E-state index contributed by atoms with van der Waals surface area (Å²) in [5.41, 5.74) is 2.77. The van der Waals surface area contributed by atoms with Crippen molar-refractivity contribution in [2.24, 2.45) is 0 Å². The molecule has 176 valence electrons. The summed E-state index contributed by atoms with van der Waals surface area (Å²) in [6.45, 7) is 8.53. The molecule has 0 aliphatic carbocycles. The lowest BCUT2D eigenvalue weighted by molar-refractivity contribution is 0.0585. The van der Waals surface area contributed by atoms with E-state index in [1.807, 2.05) is 58.0 Å². The second kappa shape index (κ2) is 9.29. The van der Waals surface area contributed by atoms with Crippen LogP contribution in [0.5, 0.6) is 5.75 Å². The Bertz CT molecular complexity index is 991. The van der Waals surface area contributed by atoms with Crippen LogP contribution in [-0.4, -0.2) is 59.1 Å². The van der Waals surface area contributed by atoms with Crippen LogP contribution in [0.2, 0.25) is 0 Å². The number of carbonyl (C=O) groups excluding carboxylic acids is 2. The summed E-state index contributed by atoms with van der Waals surface area (Å²) in [5.74, 6) is 1.78. The molecule has 6 nitrogen and oxygen atoms in total. The van der Waals surface area contributed by atoms with Crippen molar-refractivity contribution in [1.29, 1.82) is 0 Å². The van der Waals surface area contributed by atoms with Gasteiger partial charge in [0.2, 0.25) is 0 Å². The highest BCUT2D eigenvalue weighted by Crippen LogP contribution is 2.44. The fourth-order valence-electron chi connectivity index (χ4n) is 4.51. The Kier molecular flexibility index (Phi) is 6.61. The van der Waals surface area contributed by atoms with Gasteiger partial charge < -0.3 is 19.9 Å². The first-order valence-corrected chi connectivity index (χ1v) is 12.5. The molecule has 2 heterocycles. The van der Waals surface area contributed by atoms with E-state index in [-0.39, 0.29) is 22.2 Å². The van der Waals surface area contributed by atoms with E-state index >= 15 is 0 Å². The summed E-state index contributed by atoms with van der Waals surface area (Å²) in [7, 11) is 1.62. The largest absolute Gasteiger partial charge is 0.497 e. The van der Waals surface area contributed by atoms with Crippen molar-refractivity contribution in [1.82, 2.24) is 9.80 Å². The smallest absolute Gasteiger partial charge is 0.321 e. The summed E-state index contributed by atoms with van der Waals surface area (Å²) in [4.78, 5) is 29.8. The molecule has 2 aliphatic heterocycles. The number of rotatable bonds is 3. The molecule has 7 heteroatoms. The van der Waals surface area contributed by atoms with Crippen molar-refractivity contribution in [3.63, 3.8) is 0 Å². The number of carbonyl (C=O) groups is 2. The lowest BCUT2D eigenvalue weighted by Gasteiger charge is -2.44. The van der Waals surface area contributed by atoms with Crippen molar-refractivity contribution in [2.45, 2.75) is 43.9 Å². The summed E-state index contributed by atoms with van der Waals surface area (Å²) >= 11 is 1.86. The zero-order valence-corrected chi connectivity index (χ0v) is 20.7. The molecule has 3 amide bonds. The molecule has 0 unspecified atom stereocenters. The van der Waals surface area contributed by atoms with Gasteiger partial charge in [0.05, 0.1) is 12.0 Å². The molecular weight excluding hydrogens is 434 g/mol. The monoisotopic (exact) mass is 467 g/mol. The Morgan fingerprint density at radius 3 is 2.18 bits per heavy atom. The Balaban J connectivity index is 1.39. The van der Waals surface area contributed by atoms with E-state index in [1.54, 1.807) is 7.11 Å². The highest BCUT2D eigenvalue weighted by molar-refractivity contribution is 8.00. The number of nitrogens with zero attached hydrogens (tertiary/aromatic N) is 2. The number of benzene rings is 2. The molecule has 0 bridgehead atoms. The number of piperidine rings is 1. The van der Waals surface area contributed by atoms with Crippen molar-refractivity contribution < 1.29 is 14.3 Å². The minimum atomic E-state index is -0.226. The zero-order valence-electron chi connectivity index (χ0n) is 19.9. The standard InChI is InChI=1S/C26H33N3O3S/c1-25(2,3)20-7-5-19(6-8-20)23(30)29-17-18-33-26(29)13-15-28(16-14-26)24(31)27-21-9-11-22(32-4)12-10-21/h5-12H,13-18H2,1-4H3,(H,27,31). The van der Waals surface area contributed by atoms with Gasteiger partial charge in [-0.05, 0) is 60.2 Å². The summed E-state index contributed by atoms with van der Waals surface area (Å²) in [6, 6.07) is 15.3. The lowest BCUT2D eigenvalue weighted by atomic mass is 9.86. The number of likely N-dealkylation sites (tertiary alicyclic amines) is 1. The number of hydrogen-bond donors (Lipinski definition) is 1. The molecule has 2 aromatic carbocycles. The van der Waals surface area contributed by atoms with Crippen LogP contribution < -0.4 is 10.1 Å². The van der Waals surface area contributed by atoms with Gasteiger partial charge >= 0.3 is 6.03 Å². The van der Waals surface area contributed by atoms with Crippen LogP contribution in [0.25, 0.3) is 0 Å². The first-order chi connectivity index (χ1) is 15.7. The second-order valence-electron chi connectivity index (χ2n) is 9.72. The number of ether oxygens (including phenoxy) is 1. The third-order valence-corrected chi connectivity index (χ3v) is 8.15. The maximum atomic E-state index is 13.4. The van der Waals surface area contributed by atoms with Gasteiger partial charge in [-0.1, -0.05) is 32.9 Å². The lowest BCUT2D eigenvalue weighted by Crippen LogP contribution is -2.54. The topological polar surface area (TPSA) is 61.9 Å². The van der Waals surface area contributed by atoms with Crippen LogP contribution in [0.1, 0.15) is 49.5 Å². The quantitative estimate of drug-likeness (QED) is 0.674. The second-order valence-corrected chi connectivity index (χ2v) is 11.2. The van der Waals surface area contributed by atoms with Crippen molar-refractivity contribution >= 4 is 29.4 Å². The highest BCUT2D eigenvalue weighted by Gasteiger charge is 2.47. The van der Waals surface area contributed by atoms with E-state index in [1.165, 1.54) is 5.56 Å². The van der Waals surface area contributed by atoms with Gasteiger partial charge in [0.25, 0.3) is 5.91 Å². The zero-order chi connectivity index (χ0) is 23.6. The molecule has 4 rings (SSSR count). The maximum absolute atomic E-state index is 13.4. The number of anilines is 1. The van der Waals surface area contributed by atoms with Crippen LogP contribution in [-0.2, 0) is 5.41 Å². The molecule has 2 fully saturated rings. The first-order valence-electron chi connectivity index (χ1n) is 11.5. The number of hydrogen-bond acceptors (Lipinski definition) is 4. The van der Waals surface area contributed by atoms with Gasteiger partial charge in [0.1, 0.15) is 5.75 Å². The number of amides is 3. The van der Waals surface area contributed by atoms with Gasteiger partial charge in [-0.25, -0.2) is 4.79 Å². The molecular formula is C26H33N3O3S.